The van der Waals surface area contributed by atoms with E-state index < -0.39 is 30.1 Å². The number of allylic oxidation sites excluding steroid dienone is 1. The smallest absolute Gasteiger partial charge is 0.325 e. The van der Waals surface area contributed by atoms with Crippen molar-refractivity contribution in [3.8, 4) is 0 Å². The Labute approximate surface area is 96.0 Å². The second kappa shape index (κ2) is 6.42. The van der Waals surface area contributed by atoms with Gasteiger partial charge in [-0.05, 0) is 6.92 Å². The average molecular weight is 254 g/mol. The SMILES string of the molecule is CC(NC(=O)CC(=O)C=C(Cl)Cl)C(=O)O. The molecule has 0 aliphatic heterocycles. The van der Waals surface area contributed by atoms with E-state index in [2.05, 4.69) is 5.32 Å². The van der Waals surface area contributed by atoms with Crippen LogP contribution in [0.25, 0.3) is 0 Å². The molecule has 0 saturated carbocycles. The minimum Gasteiger partial charge on any atom is -0.480 e. The summed E-state index contributed by atoms with van der Waals surface area (Å²) in [7, 11) is 0. The van der Waals surface area contributed by atoms with E-state index in [1.54, 1.807) is 0 Å². The van der Waals surface area contributed by atoms with E-state index in [1.165, 1.54) is 6.92 Å². The minimum atomic E-state index is -1.18. The molecule has 1 amide bonds. The third-order valence-electron chi connectivity index (χ3n) is 1.35. The Morgan fingerprint density at radius 3 is 2.33 bits per heavy atom. The number of nitrogens with one attached hydrogen (secondary N) is 1. The van der Waals surface area contributed by atoms with Crippen molar-refractivity contribution in [3.63, 3.8) is 0 Å². The van der Waals surface area contributed by atoms with Crippen LogP contribution < -0.4 is 5.32 Å². The zero-order chi connectivity index (χ0) is 12.0. The molecule has 0 aliphatic rings. The fourth-order valence-corrected chi connectivity index (χ4v) is 0.929. The summed E-state index contributed by atoms with van der Waals surface area (Å²) in [5.41, 5.74) is 0. The standard InChI is InChI=1S/C8H9Cl2NO4/c1-4(8(14)15)11-7(13)3-5(12)2-6(9)10/h2,4H,3H2,1H3,(H,11,13)(H,14,15). The number of amides is 1. The van der Waals surface area contributed by atoms with Crippen LogP contribution in [-0.2, 0) is 14.4 Å². The zero-order valence-corrected chi connectivity index (χ0v) is 9.30. The number of rotatable bonds is 5. The number of halogens is 2. The lowest BCUT2D eigenvalue weighted by Crippen LogP contribution is -2.38. The first-order valence-corrected chi connectivity index (χ1v) is 4.66. The molecule has 0 radical (unpaired) electrons. The van der Waals surface area contributed by atoms with Gasteiger partial charge in [0.15, 0.2) is 5.78 Å². The maximum Gasteiger partial charge on any atom is 0.325 e. The van der Waals surface area contributed by atoms with Crippen LogP contribution in [0.3, 0.4) is 0 Å². The van der Waals surface area contributed by atoms with Crippen molar-refractivity contribution >= 4 is 40.9 Å². The van der Waals surface area contributed by atoms with E-state index >= 15 is 0 Å². The van der Waals surface area contributed by atoms with Gasteiger partial charge in [0.25, 0.3) is 0 Å². The van der Waals surface area contributed by atoms with Crippen molar-refractivity contribution in [2.75, 3.05) is 0 Å². The van der Waals surface area contributed by atoms with Gasteiger partial charge in [0.2, 0.25) is 5.91 Å². The lowest BCUT2D eigenvalue weighted by Gasteiger charge is -2.07. The highest BCUT2D eigenvalue weighted by molar-refractivity contribution is 6.56. The van der Waals surface area contributed by atoms with Crippen LogP contribution in [0, 0.1) is 0 Å². The van der Waals surface area contributed by atoms with E-state index in [1.807, 2.05) is 0 Å². The van der Waals surface area contributed by atoms with Crippen molar-refractivity contribution in [2.24, 2.45) is 0 Å². The highest BCUT2D eigenvalue weighted by atomic mass is 35.5. The number of carbonyl (C=O) groups excluding carboxylic acids is 2. The highest BCUT2D eigenvalue weighted by Gasteiger charge is 2.15. The third kappa shape index (κ3) is 6.93. The van der Waals surface area contributed by atoms with Crippen molar-refractivity contribution in [1.29, 1.82) is 0 Å². The van der Waals surface area contributed by atoms with Crippen molar-refractivity contribution < 1.29 is 19.5 Å². The van der Waals surface area contributed by atoms with Crippen molar-refractivity contribution in [3.05, 3.63) is 10.6 Å². The maximum absolute atomic E-state index is 11.0. The molecule has 0 spiro atoms. The molecule has 0 aromatic carbocycles. The molecule has 0 heterocycles. The number of carboxylic acid groups (broad SMARTS) is 1. The summed E-state index contributed by atoms with van der Waals surface area (Å²) in [6, 6.07) is -1.04. The van der Waals surface area contributed by atoms with Crippen molar-refractivity contribution in [2.45, 2.75) is 19.4 Å². The maximum atomic E-state index is 11.0. The van der Waals surface area contributed by atoms with Gasteiger partial charge in [-0.3, -0.25) is 14.4 Å². The van der Waals surface area contributed by atoms with Crippen LogP contribution in [0.1, 0.15) is 13.3 Å². The fourth-order valence-electron chi connectivity index (χ4n) is 0.685. The summed E-state index contributed by atoms with van der Waals surface area (Å²) < 4.78 is -0.251. The van der Waals surface area contributed by atoms with Gasteiger partial charge in [0, 0.05) is 6.08 Å². The van der Waals surface area contributed by atoms with Gasteiger partial charge in [-0.2, -0.15) is 0 Å². The van der Waals surface area contributed by atoms with E-state index in [0.717, 1.165) is 6.08 Å². The molecule has 0 aromatic heterocycles. The summed E-state index contributed by atoms with van der Waals surface area (Å²) in [6.07, 6.45) is 0.398. The molecule has 1 unspecified atom stereocenters. The van der Waals surface area contributed by atoms with E-state index in [9.17, 15) is 14.4 Å². The van der Waals surface area contributed by atoms with Crippen LogP contribution in [-0.4, -0.2) is 28.8 Å². The Morgan fingerprint density at radius 2 is 1.93 bits per heavy atom. The van der Waals surface area contributed by atoms with Crippen LogP contribution in [0.15, 0.2) is 10.6 Å². The summed E-state index contributed by atoms with van der Waals surface area (Å²) >= 11 is 10.4. The first kappa shape index (κ1) is 13.9. The van der Waals surface area contributed by atoms with Crippen LogP contribution >= 0.6 is 23.2 Å². The predicted molar refractivity (Wildman–Crippen MR) is 54.7 cm³/mol. The topological polar surface area (TPSA) is 83.5 Å². The minimum absolute atomic E-state index is 0.251. The second-order valence-corrected chi connectivity index (χ2v) is 3.71. The Balaban J connectivity index is 4.11. The fraction of sp³-hybridized carbons (Fsp3) is 0.375. The summed E-state index contributed by atoms with van der Waals surface area (Å²) in [4.78, 5) is 32.3. The number of aliphatic carboxylic acids is 1. The Hall–Kier alpha value is -1.07. The number of carboxylic acids is 1. The molecule has 0 rings (SSSR count). The molecule has 7 heteroatoms. The summed E-state index contributed by atoms with van der Waals surface area (Å²) in [5.74, 6) is -2.47. The summed E-state index contributed by atoms with van der Waals surface area (Å²) in [5, 5.41) is 10.6. The zero-order valence-electron chi connectivity index (χ0n) is 7.79. The molecule has 5 nitrogen and oxygen atoms in total. The van der Waals surface area contributed by atoms with Gasteiger partial charge >= 0.3 is 5.97 Å². The number of ketones is 1. The first-order chi connectivity index (χ1) is 6.82. The first-order valence-electron chi connectivity index (χ1n) is 3.90. The van der Waals surface area contributed by atoms with Crippen LogP contribution in [0.2, 0.25) is 0 Å². The van der Waals surface area contributed by atoms with Gasteiger partial charge < -0.3 is 10.4 Å². The monoisotopic (exact) mass is 253 g/mol. The highest BCUT2D eigenvalue weighted by Crippen LogP contribution is 2.06. The Morgan fingerprint density at radius 1 is 1.40 bits per heavy atom. The average Bonchev–Trinajstić information content (AvgIpc) is 2.00. The van der Waals surface area contributed by atoms with Gasteiger partial charge in [-0.25, -0.2) is 0 Å². The number of carbonyl (C=O) groups is 3. The molecular weight excluding hydrogens is 245 g/mol. The molecule has 0 aromatic rings. The van der Waals surface area contributed by atoms with Crippen molar-refractivity contribution in [1.82, 2.24) is 5.32 Å². The van der Waals surface area contributed by atoms with Gasteiger partial charge in [0.05, 0.1) is 6.42 Å². The van der Waals surface area contributed by atoms with E-state index in [-0.39, 0.29) is 4.49 Å². The Kier molecular flexibility index (Phi) is 5.96. The molecule has 0 fully saturated rings. The molecule has 1 atom stereocenters. The predicted octanol–water partition coefficient (Wildman–Crippen LogP) is 0.854. The quantitative estimate of drug-likeness (QED) is 0.562. The van der Waals surface area contributed by atoms with E-state index in [4.69, 9.17) is 28.3 Å². The summed E-state index contributed by atoms with van der Waals surface area (Å²) in [6.45, 7) is 1.29. The van der Waals surface area contributed by atoms with Gasteiger partial charge in [0.1, 0.15) is 10.5 Å². The largest absolute Gasteiger partial charge is 0.480 e. The number of hydrogen-bond acceptors (Lipinski definition) is 3. The molecule has 84 valence electrons. The van der Waals surface area contributed by atoms with Crippen LogP contribution in [0.5, 0.6) is 0 Å². The molecule has 0 aliphatic carbocycles. The molecular formula is C8H9Cl2NO4. The lowest BCUT2D eigenvalue weighted by molar-refractivity contribution is -0.141. The normalized spacial score (nSPS) is 11.4. The molecule has 15 heavy (non-hydrogen) atoms. The second-order valence-electron chi connectivity index (χ2n) is 2.70. The van der Waals surface area contributed by atoms with Crippen LogP contribution in [0.4, 0.5) is 0 Å². The molecule has 2 N–H and O–H groups in total. The van der Waals surface area contributed by atoms with Gasteiger partial charge in [-0.1, -0.05) is 23.2 Å². The lowest BCUT2D eigenvalue weighted by atomic mass is 10.2. The molecule has 0 bridgehead atoms. The molecule has 0 saturated heterocycles. The third-order valence-corrected chi connectivity index (χ3v) is 1.57. The van der Waals surface area contributed by atoms with Gasteiger partial charge in [-0.15, -0.1) is 0 Å². The number of hydrogen-bond donors (Lipinski definition) is 2. The Bertz CT molecular complexity index is 310. The van der Waals surface area contributed by atoms with E-state index in [0.29, 0.717) is 0 Å².